The van der Waals surface area contributed by atoms with Crippen molar-refractivity contribution in [2.45, 2.75) is 64.1 Å². The average Bonchev–Trinajstić information content (AvgIpc) is 3.16. The Bertz CT molecular complexity index is 1150. The van der Waals surface area contributed by atoms with Crippen molar-refractivity contribution in [3.8, 4) is 0 Å². The Balaban J connectivity index is 1.28. The lowest BCUT2D eigenvalue weighted by atomic mass is 9.91. The maximum absolute atomic E-state index is 13.9. The number of carbonyl (C=O) groups is 1. The number of pyridine rings is 1. The van der Waals surface area contributed by atoms with E-state index in [4.69, 9.17) is 4.98 Å². The van der Waals surface area contributed by atoms with E-state index in [1.54, 1.807) is 0 Å². The second kappa shape index (κ2) is 11.6. The number of rotatable bonds is 7. The minimum absolute atomic E-state index is 0.148. The SMILES string of the molecule is C[C@@H]1CN(CC(=O)N2CC(C)(C)c3ncc(Cc4ccc(F)cc4)cc32)[C@@H](CCN2CCN(C)C[C@H]2C)CN1. The molecule has 7 nitrogen and oxygen atoms in total. The van der Waals surface area contributed by atoms with Crippen LogP contribution in [0.25, 0.3) is 0 Å². The number of halogens is 1. The van der Waals surface area contributed by atoms with Gasteiger partial charge in [-0.05, 0) is 63.1 Å². The van der Waals surface area contributed by atoms with E-state index in [1.165, 1.54) is 12.1 Å². The molecule has 1 amide bonds. The van der Waals surface area contributed by atoms with Gasteiger partial charge in [0.25, 0.3) is 0 Å². The molecule has 3 atom stereocenters. The molecule has 1 aromatic carbocycles. The van der Waals surface area contributed by atoms with E-state index in [0.29, 0.717) is 37.6 Å². The Morgan fingerprint density at radius 2 is 1.87 bits per heavy atom. The van der Waals surface area contributed by atoms with Crippen LogP contribution in [0.2, 0.25) is 0 Å². The molecule has 1 aromatic heterocycles. The van der Waals surface area contributed by atoms with Gasteiger partial charge in [-0.3, -0.25) is 19.6 Å². The first-order valence-electron chi connectivity index (χ1n) is 14.5. The number of nitrogens with zero attached hydrogens (tertiary/aromatic N) is 5. The molecule has 0 aliphatic carbocycles. The van der Waals surface area contributed by atoms with Crippen molar-refractivity contribution in [1.82, 2.24) is 25.0 Å². The third-order valence-corrected chi connectivity index (χ3v) is 8.81. The van der Waals surface area contributed by atoms with Gasteiger partial charge >= 0.3 is 0 Å². The van der Waals surface area contributed by atoms with Crippen molar-refractivity contribution >= 4 is 11.6 Å². The number of aromatic nitrogens is 1. The fourth-order valence-corrected chi connectivity index (χ4v) is 6.53. The minimum atomic E-state index is -0.233. The fraction of sp³-hybridized carbons (Fsp3) is 0.613. The largest absolute Gasteiger partial charge is 0.311 e. The summed E-state index contributed by atoms with van der Waals surface area (Å²) in [6.45, 7) is 16.1. The number of nitrogens with one attached hydrogen (secondary N) is 1. The maximum Gasteiger partial charge on any atom is 0.241 e. The number of anilines is 1. The highest BCUT2D eigenvalue weighted by Crippen LogP contribution is 2.39. The van der Waals surface area contributed by atoms with Crippen LogP contribution in [-0.2, 0) is 16.6 Å². The van der Waals surface area contributed by atoms with Crippen molar-refractivity contribution in [1.29, 1.82) is 0 Å². The van der Waals surface area contributed by atoms with Crippen molar-refractivity contribution in [2.75, 3.05) is 64.3 Å². The van der Waals surface area contributed by atoms with Gasteiger partial charge in [0.05, 0.1) is 17.9 Å². The van der Waals surface area contributed by atoms with Gasteiger partial charge in [0.2, 0.25) is 5.91 Å². The average molecular weight is 537 g/mol. The molecule has 2 fully saturated rings. The van der Waals surface area contributed by atoms with E-state index in [9.17, 15) is 9.18 Å². The van der Waals surface area contributed by atoms with Crippen molar-refractivity contribution < 1.29 is 9.18 Å². The summed E-state index contributed by atoms with van der Waals surface area (Å²) >= 11 is 0. The molecule has 0 radical (unpaired) electrons. The standard InChI is InChI=1S/C31H45FN6O/c1-22-18-37(27(17-33-22)10-11-36-13-12-35(5)19-23(36)2)20-29(39)38-21-31(3,4)30-28(38)15-25(16-34-30)14-24-6-8-26(32)9-7-24/h6-9,15-16,22-23,27,33H,10-14,17-21H2,1-5H3/t22-,23-,27+/m1/s1. The van der Waals surface area contributed by atoms with Crippen LogP contribution in [0, 0.1) is 5.82 Å². The normalized spacial score (nSPS) is 26.1. The second-order valence-corrected chi connectivity index (χ2v) is 12.7. The first-order chi connectivity index (χ1) is 18.6. The van der Waals surface area contributed by atoms with Crippen LogP contribution >= 0.6 is 0 Å². The summed E-state index contributed by atoms with van der Waals surface area (Å²) in [6.07, 6.45) is 3.63. The molecule has 0 unspecified atom stereocenters. The Labute approximate surface area is 233 Å². The molecule has 5 rings (SSSR count). The molecular weight excluding hydrogens is 491 g/mol. The zero-order valence-corrected chi connectivity index (χ0v) is 24.3. The molecule has 4 heterocycles. The van der Waals surface area contributed by atoms with E-state index in [1.807, 2.05) is 23.2 Å². The third-order valence-electron chi connectivity index (χ3n) is 8.81. The number of fused-ring (bicyclic) bond motifs is 1. The highest BCUT2D eigenvalue weighted by molar-refractivity contribution is 5.97. The predicted octanol–water partition coefficient (Wildman–Crippen LogP) is 3.12. The summed E-state index contributed by atoms with van der Waals surface area (Å²) in [7, 11) is 2.20. The van der Waals surface area contributed by atoms with Gasteiger partial charge in [-0.25, -0.2) is 4.39 Å². The zero-order valence-electron chi connectivity index (χ0n) is 24.3. The van der Waals surface area contributed by atoms with Gasteiger partial charge in [-0.2, -0.15) is 0 Å². The van der Waals surface area contributed by atoms with E-state index < -0.39 is 0 Å². The smallest absolute Gasteiger partial charge is 0.241 e. The monoisotopic (exact) mass is 536 g/mol. The van der Waals surface area contributed by atoms with Crippen molar-refractivity contribution in [3.05, 3.63) is 59.2 Å². The van der Waals surface area contributed by atoms with Gasteiger partial charge in [0, 0.05) is 75.6 Å². The lowest BCUT2D eigenvalue weighted by molar-refractivity contribution is -0.120. The molecule has 0 saturated carbocycles. The molecule has 0 spiro atoms. The summed E-state index contributed by atoms with van der Waals surface area (Å²) in [6, 6.07) is 9.99. The van der Waals surface area contributed by atoms with Crippen LogP contribution in [0.3, 0.4) is 0 Å². The molecule has 8 heteroatoms. The molecule has 0 bridgehead atoms. The first-order valence-corrected chi connectivity index (χ1v) is 14.5. The zero-order chi connectivity index (χ0) is 27.7. The number of hydrogen-bond acceptors (Lipinski definition) is 6. The first kappa shape index (κ1) is 28.1. The Kier molecular flexibility index (Phi) is 8.38. The van der Waals surface area contributed by atoms with Crippen molar-refractivity contribution in [2.24, 2.45) is 0 Å². The quantitative estimate of drug-likeness (QED) is 0.587. The lowest BCUT2D eigenvalue weighted by Crippen LogP contribution is -2.59. The molecule has 39 heavy (non-hydrogen) atoms. The summed E-state index contributed by atoms with van der Waals surface area (Å²) < 4.78 is 13.4. The highest BCUT2D eigenvalue weighted by Gasteiger charge is 2.40. The maximum atomic E-state index is 13.9. The predicted molar refractivity (Wildman–Crippen MR) is 155 cm³/mol. The van der Waals surface area contributed by atoms with Crippen LogP contribution in [0.4, 0.5) is 10.1 Å². The summed E-state index contributed by atoms with van der Waals surface area (Å²) in [5.74, 6) is -0.0856. The Hall–Kier alpha value is -2.39. The summed E-state index contributed by atoms with van der Waals surface area (Å²) in [4.78, 5) is 28.1. The Morgan fingerprint density at radius 3 is 2.62 bits per heavy atom. The lowest BCUT2D eigenvalue weighted by Gasteiger charge is -2.42. The number of amides is 1. The number of benzene rings is 1. The van der Waals surface area contributed by atoms with Crippen LogP contribution in [-0.4, -0.2) is 103 Å². The molecule has 2 aromatic rings. The van der Waals surface area contributed by atoms with E-state index in [2.05, 4.69) is 60.8 Å². The fourth-order valence-electron chi connectivity index (χ4n) is 6.53. The Morgan fingerprint density at radius 1 is 1.10 bits per heavy atom. The number of likely N-dealkylation sites (N-methyl/N-ethyl adjacent to an activating group) is 1. The molecule has 2 saturated heterocycles. The number of hydrogen-bond donors (Lipinski definition) is 1. The van der Waals surface area contributed by atoms with Gasteiger partial charge in [0.15, 0.2) is 0 Å². The van der Waals surface area contributed by atoms with E-state index in [0.717, 1.165) is 68.2 Å². The molecule has 212 valence electrons. The highest BCUT2D eigenvalue weighted by atomic mass is 19.1. The molecular formula is C31H45FN6O. The number of piperazine rings is 2. The van der Waals surface area contributed by atoms with Crippen LogP contribution in [0.15, 0.2) is 36.5 Å². The molecule has 3 aliphatic heterocycles. The molecule has 3 aliphatic rings. The minimum Gasteiger partial charge on any atom is -0.311 e. The van der Waals surface area contributed by atoms with Gasteiger partial charge in [-0.15, -0.1) is 0 Å². The van der Waals surface area contributed by atoms with Gasteiger partial charge in [-0.1, -0.05) is 26.0 Å². The van der Waals surface area contributed by atoms with Gasteiger partial charge < -0.3 is 15.1 Å². The summed E-state index contributed by atoms with van der Waals surface area (Å²) in [5, 5.41) is 3.65. The van der Waals surface area contributed by atoms with Crippen LogP contribution in [0.1, 0.15) is 50.9 Å². The van der Waals surface area contributed by atoms with E-state index >= 15 is 0 Å². The third kappa shape index (κ3) is 6.51. The van der Waals surface area contributed by atoms with Crippen LogP contribution < -0.4 is 10.2 Å². The summed E-state index contributed by atoms with van der Waals surface area (Å²) in [5.41, 5.74) is 3.77. The second-order valence-electron chi connectivity index (χ2n) is 12.7. The number of carbonyl (C=O) groups excluding carboxylic acids is 1. The molecule has 1 N–H and O–H groups in total. The topological polar surface area (TPSA) is 55.0 Å². The van der Waals surface area contributed by atoms with Crippen molar-refractivity contribution in [3.63, 3.8) is 0 Å². The van der Waals surface area contributed by atoms with Crippen LogP contribution in [0.5, 0.6) is 0 Å². The van der Waals surface area contributed by atoms with E-state index in [-0.39, 0.29) is 17.1 Å². The van der Waals surface area contributed by atoms with Gasteiger partial charge in [0.1, 0.15) is 5.82 Å².